The smallest absolute Gasteiger partial charge is 0.310 e. The largest absolute Gasteiger partial charge is 0.497 e. The highest BCUT2D eigenvalue weighted by Crippen LogP contribution is 2.28. The third kappa shape index (κ3) is 3.37. The number of ether oxygens (including phenoxy) is 2. The van der Waals surface area contributed by atoms with E-state index in [0.717, 1.165) is 5.39 Å². The SMILES string of the molecule is COC(=O)Cc1c(C(=O)c2ccc(OC)cc2)[nH]c2cc(Cl)ccc12. The van der Waals surface area contributed by atoms with Crippen molar-refractivity contribution in [3.8, 4) is 5.75 Å². The summed E-state index contributed by atoms with van der Waals surface area (Å²) in [7, 11) is 2.88. The molecule has 6 heteroatoms. The molecule has 25 heavy (non-hydrogen) atoms. The average Bonchev–Trinajstić information content (AvgIpc) is 2.98. The first-order valence-corrected chi connectivity index (χ1v) is 7.97. The lowest BCUT2D eigenvalue weighted by Gasteiger charge is -2.05. The predicted molar refractivity (Wildman–Crippen MR) is 95.5 cm³/mol. The Kier molecular flexibility index (Phi) is 4.76. The molecule has 0 atom stereocenters. The lowest BCUT2D eigenvalue weighted by molar-refractivity contribution is -0.139. The van der Waals surface area contributed by atoms with Crippen LogP contribution in [0.3, 0.4) is 0 Å². The second-order valence-electron chi connectivity index (χ2n) is 5.48. The molecule has 0 bridgehead atoms. The van der Waals surface area contributed by atoms with Crippen molar-refractivity contribution < 1.29 is 19.1 Å². The molecule has 3 aromatic rings. The number of H-pyrrole nitrogens is 1. The summed E-state index contributed by atoms with van der Waals surface area (Å²) in [6, 6.07) is 12.0. The van der Waals surface area contributed by atoms with Gasteiger partial charge >= 0.3 is 5.97 Å². The maximum absolute atomic E-state index is 12.9. The van der Waals surface area contributed by atoms with Crippen LogP contribution in [0.25, 0.3) is 10.9 Å². The Bertz CT molecular complexity index is 944. The minimum atomic E-state index is -0.417. The summed E-state index contributed by atoms with van der Waals surface area (Å²) in [5.41, 5.74) is 2.14. The van der Waals surface area contributed by atoms with Crippen molar-refractivity contribution in [2.75, 3.05) is 14.2 Å². The van der Waals surface area contributed by atoms with E-state index < -0.39 is 5.97 Å². The van der Waals surface area contributed by atoms with Crippen LogP contribution in [0, 0.1) is 0 Å². The number of aromatic nitrogens is 1. The molecular weight excluding hydrogens is 342 g/mol. The topological polar surface area (TPSA) is 68.4 Å². The van der Waals surface area contributed by atoms with Gasteiger partial charge in [0.1, 0.15) is 5.75 Å². The molecule has 0 saturated heterocycles. The van der Waals surface area contributed by atoms with Gasteiger partial charge in [-0.05, 0) is 36.4 Å². The number of esters is 1. The van der Waals surface area contributed by atoms with Crippen LogP contribution in [-0.4, -0.2) is 31.0 Å². The summed E-state index contributed by atoms with van der Waals surface area (Å²) < 4.78 is 9.87. The number of ketones is 1. The standard InChI is InChI=1S/C19H16ClNO4/c1-24-13-6-3-11(4-7-13)19(23)18-15(10-17(22)25-2)14-8-5-12(20)9-16(14)21-18/h3-9,21H,10H2,1-2H3. The zero-order valence-corrected chi connectivity index (χ0v) is 14.5. The molecule has 0 saturated carbocycles. The highest BCUT2D eigenvalue weighted by molar-refractivity contribution is 6.31. The van der Waals surface area contributed by atoms with Crippen LogP contribution in [0.2, 0.25) is 5.02 Å². The van der Waals surface area contributed by atoms with Crippen molar-refractivity contribution in [1.29, 1.82) is 0 Å². The number of aromatic amines is 1. The fraction of sp³-hybridized carbons (Fsp3) is 0.158. The van der Waals surface area contributed by atoms with E-state index in [-0.39, 0.29) is 12.2 Å². The molecule has 0 fully saturated rings. The third-order valence-corrected chi connectivity index (χ3v) is 4.23. The Morgan fingerprint density at radius 1 is 1.08 bits per heavy atom. The highest BCUT2D eigenvalue weighted by Gasteiger charge is 2.21. The minimum Gasteiger partial charge on any atom is -0.497 e. The molecule has 128 valence electrons. The van der Waals surface area contributed by atoms with Gasteiger partial charge < -0.3 is 14.5 Å². The predicted octanol–water partition coefficient (Wildman–Crippen LogP) is 3.78. The van der Waals surface area contributed by atoms with E-state index in [0.29, 0.717) is 33.1 Å². The van der Waals surface area contributed by atoms with E-state index in [1.165, 1.54) is 7.11 Å². The second-order valence-corrected chi connectivity index (χ2v) is 5.92. The molecule has 3 rings (SSSR count). The molecule has 1 aromatic heterocycles. The van der Waals surface area contributed by atoms with Crippen LogP contribution in [0.5, 0.6) is 5.75 Å². The Hall–Kier alpha value is -2.79. The van der Waals surface area contributed by atoms with Gasteiger partial charge in [-0.2, -0.15) is 0 Å². The molecule has 1 heterocycles. The zero-order chi connectivity index (χ0) is 18.0. The number of benzene rings is 2. The Morgan fingerprint density at radius 2 is 1.80 bits per heavy atom. The number of fused-ring (bicyclic) bond motifs is 1. The molecule has 0 amide bonds. The molecule has 0 aliphatic carbocycles. The normalized spacial score (nSPS) is 10.7. The van der Waals surface area contributed by atoms with Gasteiger partial charge in [0.15, 0.2) is 0 Å². The van der Waals surface area contributed by atoms with Gasteiger partial charge in [0.25, 0.3) is 0 Å². The van der Waals surface area contributed by atoms with Gasteiger partial charge in [0.2, 0.25) is 5.78 Å². The summed E-state index contributed by atoms with van der Waals surface area (Å²) in [6.45, 7) is 0. The van der Waals surface area contributed by atoms with Gasteiger partial charge in [0.05, 0.1) is 26.3 Å². The molecule has 0 aliphatic rings. The van der Waals surface area contributed by atoms with Gasteiger partial charge in [-0.1, -0.05) is 17.7 Å². The first-order valence-electron chi connectivity index (χ1n) is 7.59. The van der Waals surface area contributed by atoms with Gasteiger partial charge in [-0.25, -0.2) is 0 Å². The van der Waals surface area contributed by atoms with Crippen molar-refractivity contribution in [1.82, 2.24) is 4.98 Å². The van der Waals surface area contributed by atoms with Crippen LogP contribution in [-0.2, 0) is 16.0 Å². The number of carbonyl (C=O) groups is 2. The molecule has 5 nitrogen and oxygen atoms in total. The van der Waals surface area contributed by atoms with Gasteiger partial charge in [-0.15, -0.1) is 0 Å². The minimum absolute atomic E-state index is 0.00460. The summed E-state index contributed by atoms with van der Waals surface area (Å²) >= 11 is 6.03. The van der Waals surface area contributed by atoms with Crippen LogP contribution in [0.15, 0.2) is 42.5 Å². The third-order valence-electron chi connectivity index (χ3n) is 4.00. The van der Waals surface area contributed by atoms with E-state index >= 15 is 0 Å². The number of carbonyl (C=O) groups excluding carboxylic acids is 2. The maximum atomic E-state index is 12.9. The lowest BCUT2D eigenvalue weighted by Crippen LogP contribution is -2.10. The zero-order valence-electron chi connectivity index (χ0n) is 13.8. The number of hydrogen-bond donors (Lipinski definition) is 1. The molecule has 1 N–H and O–H groups in total. The summed E-state index contributed by atoms with van der Waals surface area (Å²) in [5.74, 6) is 0.0308. The number of rotatable bonds is 5. The molecule has 0 radical (unpaired) electrons. The monoisotopic (exact) mass is 357 g/mol. The van der Waals surface area contributed by atoms with E-state index in [1.807, 2.05) is 0 Å². The van der Waals surface area contributed by atoms with Crippen LogP contribution < -0.4 is 4.74 Å². The van der Waals surface area contributed by atoms with Crippen molar-refractivity contribution in [2.24, 2.45) is 0 Å². The lowest BCUT2D eigenvalue weighted by atomic mass is 10.0. The Balaban J connectivity index is 2.10. The maximum Gasteiger partial charge on any atom is 0.310 e. The van der Waals surface area contributed by atoms with Gasteiger partial charge in [-0.3, -0.25) is 9.59 Å². The summed E-state index contributed by atoms with van der Waals surface area (Å²) in [5, 5.41) is 1.31. The quantitative estimate of drug-likeness (QED) is 0.557. The number of halogens is 1. The number of hydrogen-bond acceptors (Lipinski definition) is 4. The average molecular weight is 358 g/mol. The molecular formula is C19H16ClNO4. The van der Waals surface area contributed by atoms with Crippen molar-refractivity contribution in [2.45, 2.75) is 6.42 Å². The molecule has 0 aliphatic heterocycles. The van der Waals surface area contributed by atoms with E-state index in [2.05, 4.69) is 4.98 Å². The number of methoxy groups -OCH3 is 2. The van der Waals surface area contributed by atoms with Crippen molar-refractivity contribution >= 4 is 34.3 Å². The molecule has 0 spiro atoms. The van der Waals surface area contributed by atoms with Crippen molar-refractivity contribution in [3.63, 3.8) is 0 Å². The summed E-state index contributed by atoms with van der Waals surface area (Å²) in [4.78, 5) is 27.8. The van der Waals surface area contributed by atoms with E-state index in [4.69, 9.17) is 21.1 Å². The second kappa shape index (κ2) is 6.99. The first-order chi connectivity index (χ1) is 12.0. The Morgan fingerprint density at radius 3 is 2.44 bits per heavy atom. The highest BCUT2D eigenvalue weighted by atomic mass is 35.5. The van der Waals surface area contributed by atoms with Gasteiger partial charge in [0, 0.05) is 27.1 Å². The van der Waals surface area contributed by atoms with Crippen LogP contribution >= 0.6 is 11.6 Å². The van der Waals surface area contributed by atoms with Crippen LogP contribution in [0.4, 0.5) is 0 Å². The fourth-order valence-electron chi connectivity index (χ4n) is 2.71. The summed E-state index contributed by atoms with van der Waals surface area (Å²) in [6.07, 6.45) is -0.00460. The number of nitrogens with one attached hydrogen (secondary N) is 1. The van der Waals surface area contributed by atoms with E-state index in [9.17, 15) is 9.59 Å². The van der Waals surface area contributed by atoms with Crippen LogP contribution in [0.1, 0.15) is 21.6 Å². The molecule has 2 aromatic carbocycles. The van der Waals surface area contributed by atoms with E-state index in [1.54, 1.807) is 49.6 Å². The first kappa shape index (κ1) is 17.0. The molecule has 0 unspecified atom stereocenters. The Labute approximate surface area is 149 Å². The fourth-order valence-corrected chi connectivity index (χ4v) is 2.88. The van der Waals surface area contributed by atoms with Crippen molar-refractivity contribution in [3.05, 3.63) is 64.3 Å².